The van der Waals surface area contributed by atoms with E-state index in [0.29, 0.717) is 31.6 Å². The van der Waals surface area contributed by atoms with Gasteiger partial charge in [0.05, 0.1) is 6.61 Å². The maximum atomic E-state index is 11.7. The van der Waals surface area contributed by atoms with Gasteiger partial charge in [0.1, 0.15) is 17.1 Å². The zero-order chi connectivity index (χ0) is 21.0. The number of carboxylic acids is 1. The highest BCUT2D eigenvalue weighted by Crippen LogP contribution is 2.54. The van der Waals surface area contributed by atoms with E-state index in [2.05, 4.69) is 32.9 Å². The average Bonchev–Trinajstić information content (AvgIpc) is 2.67. The molecule has 2 aliphatic rings. The van der Waals surface area contributed by atoms with Crippen LogP contribution in [-0.4, -0.2) is 29.8 Å². The summed E-state index contributed by atoms with van der Waals surface area (Å²) in [5.74, 6) is 1.19. The molecule has 160 valence electrons. The molecule has 0 aromatic heterocycles. The van der Waals surface area contributed by atoms with Crippen molar-refractivity contribution < 1.29 is 19.4 Å². The summed E-state index contributed by atoms with van der Waals surface area (Å²) in [7, 11) is 0. The van der Waals surface area contributed by atoms with Crippen molar-refractivity contribution in [1.82, 2.24) is 0 Å². The number of hydrogen-bond donors (Lipinski definition) is 2. The highest BCUT2D eigenvalue weighted by molar-refractivity contribution is 5.87. The van der Waals surface area contributed by atoms with Gasteiger partial charge in [-0.2, -0.15) is 0 Å². The Morgan fingerprint density at radius 2 is 2.10 bits per heavy atom. The Kier molecular flexibility index (Phi) is 6.89. The molecular weight excluding hydrogens is 366 g/mol. The molecule has 0 spiro atoms. The fourth-order valence-corrected chi connectivity index (χ4v) is 4.71. The molecule has 0 bridgehead atoms. The van der Waals surface area contributed by atoms with E-state index in [4.69, 9.17) is 15.2 Å². The van der Waals surface area contributed by atoms with Crippen molar-refractivity contribution in [3.63, 3.8) is 0 Å². The summed E-state index contributed by atoms with van der Waals surface area (Å²) in [5, 5.41) is 9.57. The number of ether oxygens (including phenoxy) is 2. The van der Waals surface area contributed by atoms with Crippen LogP contribution in [-0.2, 0) is 11.2 Å². The Morgan fingerprint density at radius 3 is 2.79 bits per heavy atom. The van der Waals surface area contributed by atoms with Gasteiger partial charge in [-0.05, 0) is 70.2 Å². The van der Waals surface area contributed by atoms with Crippen molar-refractivity contribution in [1.29, 1.82) is 0 Å². The second-order valence-electron chi connectivity index (χ2n) is 8.85. The molecule has 0 saturated carbocycles. The smallest absolute Gasteiger partial charge is 0.331 e. The SMILES string of the molecule is CCCCCc1cc(OCCCN)c2c(c1)OC(C)(C)[C@@H]1CC=C(C(=O)O)C[C@@H]21. The van der Waals surface area contributed by atoms with Gasteiger partial charge in [-0.1, -0.05) is 25.8 Å². The number of nitrogens with two attached hydrogens (primary N) is 1. The zero-order valence-electron chi connectivity index (χ0n) is 18.0. The normalized spacial score (nSPS) is 22.1. The lowest BCUT2D eigenvalue weighted by Gasteiger charge is -2.47. The molecule has 0 radical (unpaired) electrons. The number of benzene rings is 1. The minimum absolute atomic E-state index is 0.0856. The lowest BCUT2D eigenvalue weighted by molar-refractivity contribution is -0.133. The van der Waals surface area contributed by atoms with Crippen LogP contribution in [0.15, 0.2) is 23.8 Å². The van der Waals surface area contributed by atoms with Crippen LogP contribution in [0.3, 0.4) is 0 Å². The topological polar surface area (TPSA) is 81.8 Å². The van der Waals surface area contributed by atoms with E-state index in [1.807, 2.05) is 6.08 Å². The average molecular weight is 402 g/mol. The number of unbranched alkanes of at least 4 members (excludes halogenated alkanes) is 2. The van der Waals surface area contributed by atoms with Gasteiger partial charge in [0.15, 0.2) is 0 Å². The number of hydrogen-bond acceptors (Lipinski definition) is 4. The molecule has 2 atom stereocenters. The Bertz CT molecular complexity index is 768. The van der Waals surface area contributed by atoms with E-state index in [0.717, 1.165) is 36.3 Å². The first-order chi connectivity index (χ1) is 13.9. The van der Waals surface area contributed by atoms with E-state index in [1.165, 1.54) is 18.4 Å². The molecule has 1 aromatic carbocycles. The van der Waals surface area contributed by atoms with Crippen molar-refractivity contribution >= 4 is 5.97 Å². The second kappa shape index (κ2) is 9.21. The fraction of sp³-hybridized carbons (Fsp3) is 0.625. The molecule has 0 unspecified atom stereocenters. The number of aryl methyl sites for hydroxylation is 1. The van der Waals surface area contributed by atoms with Crippen LogP contribution < -0.4 is 15.2 Å². The molecule has 0 amide bonds. The molecule has 5 nitrogen and oxygen atoms in total. The van der Waals surface area contributed by atoms with Gasteiger partial charge >= 0.3 is 5.97 Å². The Morgan fingerprint density at radius 1 is 1.31 bits per heavy atom. The molecule has 5 heteroatoms. The highest BCUT2D eigenvalue weighted by atomic mass is 16.5. The number of allylic oxidation sites excluding steroid dienone is 1. The summed E-state index contributed by atoms with van der Waals surface area (Å²) in [5.41, 5.74) is 8.06. The van der Waals surface area contributed by atoms with Gasteiger partial charge in [0.2, 0.25) is 0 Å². The third-order valence-electron chi connectivity index (χ3n) is 6.29. The van der Waals surface area contributed by atoms with Gasteiger partial charge < -0.3 is 20.3 Å². The minimum atomic E-state index is -0.823. The summed E-state index contributed by atoms with van der Waals surface area (Å²) in [6.07, 6.45) is 8.39. The molecule has 1 aliphatic carbocycles. The van der Waals surface area contributed by atoms with Gasteiger partial charge in [-0.25, -0.2) is 4.79 Å². The van der Waals surface area contributed by atoms with E-state index in [1.54, 1.807) is 0 Å². The predicted molar refractivity (Wildman–Crippen MR) is 115 cm³/mol. The van der Waals surface area contributed by atoms with Crippen LogP contribution in [0.2, 0.25) is 0 Å². The number of fused-ring (bicyclic) bond motifs is 3. The van der Waals surface area contributed by atoms with Gasteiger partial charge in [-0.3, -0.25) is 0 Å². The summed E-state index contributed by atoms with van der Waals surface area (Å²) in [6, 6.07) is 4.29. The third-order valence-corrected chi connectivity index (χ3v) is 6.29. The van der Waals surface area contributed by atoms with Gasteiger partial charge in [0, 0.05) is 23.0 Å². The lowest BCUT2D eigenvalue weighted by Crippen LogP contribution is -2.46. The molecule has 1 aliphatic heterocycles. The number of carbonyl (C=O) groups is 1. The van der Waals surface area contributed by atoms with Gasteiger partial charge in [-0.15, -0.1) is 0 Å². The maximum absolute atomic E-state index is 11.7. The zero-order valence-corrected chi connectivity index (χ0v) is 18.0. The standard InChI is InChI=1S/C24H35NO4/c1-4-5-6-8-16-13-20(28-12-7-11-25)22-18-15-17(23(26)27)9-10-19(18)24(2,3)29-21(22)14-16/h9,13-14,18-19H,4-8,10-12,15,25H2,1-3H3,(H,26,27)/t18-,19-/m1/s1. The first-order valence-electron chi connectivity index (χ1n) is 11.0. The minimum Gasteiger partial charge on any atom is -0.493 e. The van der Waals surface area contributed by atoms with Crippen LogP contribution in [0.4, 0.5) is 0 Å². The molecule has 3 N–H and O–H groups in total. The van der Waals surface area contributed by atoms with Crippen LogP contribution in [0.25, 0.3) is 0 Å². The van der Waals surface area contributed by atoms with E-state index < -0.39 is 5.97 Å². The summed E-state index contributed by atoms with van der Waals surface area (Å²) >= 11 is 0. The van der Waals surface area contributed by atoms with E-state index >= 15 is 0 Å². The quantitative estimate of drug-likeness (QED) is 0.580. The fourth-order valence-electron chi connectivity index (χ4n) is 4.71. The van der Waals surface area contributed by atoms with Crippen LogP contribution >= 0.6 is 0 Å². The first kappa shape index (κ1) is 21.7. The van der Waals surface area contributed by atoms with Gasteiger partial charge in [0.25, 0.3) is 0 Å². The molecule has 0 saturated heterocycles. The second-order valence-corrected chi connectivity index (χ2v) is 8.85. The summed E-state index contributed by atoms with van der Waals surface area (Å²) < 4.78 is 12.7. The Hall–Kier alpha value is -2.01. The monoisotopic (exact) mass is 401 g/mol. The van der Waals surface area contributed by atoms with Crippen molar-refractivity contribution in [2.45, 2.75) is 77.2 Å². The van der Waals surface area contributed by atoms with Crippen molar-refractivity contribution in [2.75, 3.05) is 13.2 Å². The summed E-state index contributed by atoms with van der Waals surface area (Å²) in [6.45, 7) is 7.58. The molecule has 29 heavy (non-hydrogen) atoms. The van der Waals surface area contributed by atoms with E-state index in [-0.39, 0.29) is 17.4 Å². The van der Waals surface area contributed by atoms with Crippen LogP contribution in [0.1, 0.15) is 76.3 Å². The molecule has 1 aromatic rings. The molecule has 1 heterocycles. The maximum Gasteiger partial charge on any atom is 0.331 e. The number of carboxylic acid groups (broad SMARTS) is 1. The van der Waals surface area contributed by atoms with Crippen molar-refractivity contribution in [3.05, 3.63) is 34.9 Å². The number of rotatable bonds is 9. The highest BCUT2D eigenvalue weighted by Gasteiger charge is 2.47. The Labute approximate surface area is 174 Å². The third kappa shape index (κ3) is 4.77. The van der Waals surface area contributed by atoms with E-state index in [9.17, 15) is 9.90 Å². The number of aliphatic carboxylic acids is 1. The predicted octanol–water partition coefficient (Wildman–Crippen LogP) is 4.82. The van der Waals surface area contributed by atoms with Crippen LogP contribution in [0, 0.1) is 5.92 Å². The molecular formula is C24H35NO4. The largest absolute Gasteiger partial charge is 0.493 e. The lowest BCUT2D eigenvalue weighted by atomic mass is 9.67. The molecule has 0 fully saturated rings. The summed E-state index contributed by atoms with van der Waals surface area (Å²) in [4.78, 5) is 11.7. The van der Waals surface area contributed by atoms with Crippen molar-refractivity contribution in [2.24, 2.45) is 11.7 Å². The molecule has 3 rings (SSSR count). The van der Waals surface area contributed by atoms with Crippen LogP contribution in [0.5, 0.6) is 11.5 Å². The first-order valence-corrected chi connectivity index (χ1v) is 11.0. The Balaban J connectivity index is 2.01. The van der Waals surface area contributed by atoms with Crippen molar-refractivity contribution in [3.8, 4) is 11.5 Å².